The molecule has 0 spiro atoms. The Balaban J connectivity index is 2.40. The highest BCUT2D eigenvalue weighted by molar-refractivity contribution is 7.98. The Morgan fingerprint density at radius 3 is 2.79 bits per heavy atom. The molecule has 1 aliphatic heterocycles. The van der Waals surface area contributed by atoms with Crippen LogP contribution in [0.3, 0.4) is 0 Å². The van der Waals surface area contributed by atoms with Crippen LogP contribution in [0.25, 0.3) is 0 Å². The zero-order valence-electron chi connectivity index (χ0n) is 7.41. The zero-order valence-corrected chi connectivity index (χ0v) is 8.23. The first-order valence-electron chi connectivity index (χ1n) is 3.91. The second kappa shape index (κ2) is 3.67. The number of rotatable bonds is 2. The summed E-state index contributed by atoms with van der Waals surface area (Å²) < 4.78 is 0. The number of carbonyl (C=O) groups excluding carboxylic acids is 1. The lowest BCUT2D eigenvalue weighted by atomic mass is 10.3. The van der Waals surface area contributed by atoms with Crippen LogP contribution in [0.1, 0.15) is 0 Å². The van der Waals surface area contributed by atoms with Crippen molar-refractivity contribution in [3.8, 4) is 0 Å². The van der Waals surface area contributed by atoms with Crippen molar-refractivity contribution in [2.45, 2.75) is 4.90 Å². The molecule has 1 aromatic carbocycles. The first-order chi connectivity index (χ1) is 6.83. The van der Waals surface area contributed by atoms with Gasteiger partial charge in [0.25, 0.3) is 0 Å². The van der Waals surface area contributed by atoms with Crippen molar-refractivity contribution < 1.29 is 4.79 Å². The SMILES string of the molecule is CSc1ccccc1N1N=N[N]C1=O. The Bertz CT molecular complexity index is 393. The van der Waals surface area contributed by atoms with E-state index in [1.54, 1.807) is 11.8 Å². The molecule has 0 fully saturated rings. The average molecular weight is 207 g/mol. The van der Waals surface area contributed by atoms with Gasteiger partial charge in [-0.25, -0.2) is 4.79 Å². The van der Waals surface area contributed by atoms with E-state index in [0.29, 0.717) is 0 Å². The molecule has 1 radical (unpaired) electrons. The molecule has 0 aromatic heterocycles. The number of nitrogens with zero attached hydrogens (tertiary/aromatic N) is 4. The van der Waals surface area contributed by atoms with E-state index in [9.17, 15) is 4.79 Å². The summed E-state index contributed by atoms with van der Waals surface area (Å²) in [5.41, 5.74) is 4.02. The maximum atomic E-state index is 11.2. The Hall–Kier alpha value is -1.56. The monoisotopic (exact) mass is 207 g/mol. The molecule has 1 aromatic rings. The van der Waals surface area contributed by atoms with Crippen LogP contribution in [0.2, 0.25) is 0 Å². The first kappa shape index (κ1) is 9.01. The van der Waals surface area contributed by atoms with Crippen molar-refractivity contribution in [3.63, 3.8) is 0 Å². The Morgan fingerprint density at radius 1 is 1.36 bits per heavy atom. The minimum absolute atomic E-state index is 0.452. The number of urea groups is 1. The minimum Gasteiger partial charge on any atom is -0.242 e. The Kier molecular flexibility index (Phi) is 2.36. The van der Waals surface area contributed by atoms with E-state index in [4.69, 9.17) is 0 Å². The van der Waals surface area contributed by atoms with E-state index in [0.717, 1.165) is 10.6 Å². The highest BCUT2D eigenvalue weighted by Crippen LogP contribution is 2.29. The van der Waals surface area contributed by atoms with Gasteiger partial charge in [-0.1, -0.05) is 17.6 Å². The minimum atomic E-state index is -0.452. The van der Waals surface area contributed by atoms with E-state index < -0.39 is 6.03 Å². The molecule has 1 aliphatic rings. The lowest BCUT2D eigenvalue weighted by Gasteiger charge is -2.11. The summed E-state index contributed by atoms with van der Waals surface area (Å²) in [6.45, 7) is 0. The molecule has 0 bridgehead atoms. The summed E-state index contributed by atoms with van der Waals surface area (Å²) in [6.07, 6.45) is 1.94. The van der Waals surface area contributed by atoms with Gasteiger partial charge in [0.1, 0.15) is 0 Å². The second-order valence-corrected chi connectivity index (χ2v) is 3.39. The molecule has 1 heterocycles. The number of para-hydroxylation sites is 1. The topological polar surface area (TPSA) is 59.1 Å². The van der Waals surface area contributed by atoms with Gasteiger partial charge in [0.05, 0.1) is 5.69 Å². The molecule has 0 saturated carbocycles. The molecule has 14 heavy (non-hydrogen) atoms. The number of thioether (sulfide) groups is 1. The third-order valence-corrected chi connectivity index (χ3v) is 2.54. The van der Waals surface area contributed by atoms with E-state index >= 15 is 0 Å². The number of hydrogen-bond acceptors (Lipinski definition) is 4. The molecule has 2 rings (SSSR count). The summed E-state index contributed by atoms with van der Waals surface area (Å²) in [4.78, 5) is 12.2. The van der Waals surface area contributed by atoms with E-state index in [-0.39, 0.29) is 0 Å². The van der Waals surface area contributed by atoms with Crippen LogP contribution < -0.4 is 10.4 Å². The van der Waals surface area contributed by atoms with Gasteiger partial charge >= 0.3 is 6.03 Å². The third-order valence-electron chi connectivity index (χ3n) is 1.75. The van der Waals surface area contributed by atoms with Gasteiger partial charge in [0, 0.05) is 4.90 Å². The standard InChI is InChI=1S/C8H7N4OS/c1-14-7-5-3-2-4-6(7)12-8(13)9-10-11-12/h2-5H,1H3. The number of hydrogen-bond donors (Lipinski definition) is 0. The van der Waals surface area contributed by atoms with Crippen molar-refractivity contribution in [2.24, 2.45) is 10.4 Å². The molecule has 0 atom stereocenters. The van der Waals surface area contributed by atoms with Crippen molar-refractivity contribution in [1.82, 2.24) is 5.43 Å². The number of benzene rings is 1. The van der Waals surface area contributed by atoms with Crippen molar-refractivity contribution in [2.75, 3.05) is 11.3 Å². The van der Waals surface area contributed by atoms with Crippen molar-refractivity contribution in [3.05, 3.63) is 24.3 Å². The number of carbonyl (C=O) groups is 1. The van der Waals surface area contributed by atoms with Crippen LogP contribution in [0.5, 0.6) is 0 Å². The predicted molar refractivity (Wildman–Crippen MR) is 53.1 cm³/mol. The average Bonchev–Trinajstić information content (AvgIpc) is 2.64. The number of anilines is 1. The Labute approximate surface area is 85.1 Å². The smallest absolute Gasteiger partial charge is 0.242 e. The largest absolute Gasteiger partial charge is 0.390 e. The molecule has 0 aliphatic carbocycles. The number of amides is 2. The van der Waals surface area contributed by atoms with Crippen LogP contribution in [-0.4, -0.2) is 12.3 Å². The van der Waals surface area contributed by atoms with Gasteiger partial charge in [0.15, 0.2) is 0 Å². The van der Waals surface area contributed by atoms with Gasteiger partial charge in [-0.3, -0.25) is 0 Å². The van der Waals surface area contributed by atoms with Crippen LogP contribution in [0.15, 0.2) is 39.6 Å². The molecule has 0 saturated heterocycles. The van der Waals surface area contributed by atoms with Gasteiger partial charge in [-0.05, 0) is 28.8 Å². The van der Waals surface area contributed by atoms with E-state index in [1.807, 2.05) is 30.5 Å². The van der Waals surface area contributed by atoms with Gasteiger partial charge in [-0.2, -0.15) is 5.01 Å². The van der Waals surface area contributed by atoms with E-state index in [2.05, 4.69) is 15.9 Å². The maximum Gasteiger partial charge on any atom is 0.390 e. The fourth-order valence-electron chi connectivity index (χ4n) is 1.13. The van der Waals surface area contributed by atoms with Gasteiger partial charge < -0.3 is 0 Å². The van der Waals surface area contributed by atoms with Gasteiger partial charge in [-0.15, -0.1) is 11.8 Å². The zero-order chi connectivity index (χ0) is 9.97. The van der Waals surface area contributed by atoms with Crippen LogP contribution in [0, 0.1) is 0 Å². The van der Waals surface area contributed by atoms with Crippen LogP contribution >= 0.6 is 11.8 Å². The quantitative estimate of drug-likeness (QED) is 0.698. The lowest BCUT2D eigenvalue weighted by molar-refractivity contribution is 0.250. The summed E-state index contributed by atoms with van der Waals surface area (Å²) >= 11 is 1.55. The van der Waals surface area contributed by atoms with Crippen LogP contribution in [-0.2, 0) is 0 Å². The molecule has 5 nitrogen and oxygen atoms in total. The molecular weight excluding hydrogens is 200 g/mol. The molecular formula is C8H7N4OS. The van der Waals surface area contributed by atoms with Gasteiger partial charge in [0.2, 0.25) is 0 Å². The summed E-state index contributed by atoms with van der Waals surface area (Å²) in [6, 6.07) is 7.02. The second-order valence-electron chi connectivity index (χ2n) is 2.55. The molecule has 0 N–H and O–H groups in total. The van der Waals surface area contributed by atoms with Crippen LogP contribution in [0.4, 0.5) is 10.5 Å². The lowest BCUT2D eigenvalue weighted by Crippen LogP contribution is -2.23. The normalized spacial score (nSPS) is 14.6. The fraction of sp³-hybridized carbons (Fsp3) is 0.125. The molecule has 0 unspecified atom stereocenters. The van der Waals surface area contributed by atoms with E-state index in [1.165, 1.54) is 5.01 Å². The first-order valence-corrected chi connectivity index (χ1v) is 5.14. The molecule has 2 amide bonds. The fourth-order valence-corrected chi connectivity index (χ4v) is 1.71. The van der Waals surface area contributed by atoms with Crippen molar-refractivity contribution >= 4 is 23.5 Å². The highest BCUT2D eigenvalue weighted by Gasteiger charge is 2.23. The predicted octanol–water partition coefficient (Wildman–Crippen LogP) is 2.24. The summed E-state index contributed by atoms with van der Waals surface area (Å²) in [5.74, 6) is 0. The molecule has 71 valence electrons. The maximum absolute atomic E-state index is 11.2. The van der Waals surface area contributed by atoms with Crippen molar-refractivity contribution in [1.29, 1.82) is 0 Å². The highest BCUT2D eigenvalue weighted by atomic mass is 32.2. The Morgan fingerprint density at radius 2 is 2.14 bits per heavy atom. The summed E-state index contributed by atoms with van der Waals surface area (Å²) in [5, 5.41) is 8.13. The molecule has 6 heteroatoms. The third kappa shape index (κ3) is 1.44. The summed E-state index contributed by atoms with van der Waals surface area (Å²) in [7, 11) is 0.